The Morgan fingerprint density at radius 1 is 1.12 bits per heavy atom. The molecule has 0 radical (unpaired) electrons. The molecule has 0 N–H and O–H groups in total. The minimum absolute atomic E-state index is 0.0112. The third-order valence-corrected chi connectivity index (χ3v) is 6.78. The molecule has 1 aromatic rings. The molecule has 2 aliphatic rings. The van der Waals surface area contributed by atoms with E-state index in [1.54, 1.807) is 31.4 Å². The van der Waals surface area contributed by atoms with Crippen LogP contribution in [-0.2, 0) is 14.6 Å². The molecule has 6 nitrogen and oxygen atoms in total. The quantitative estimate of drug-likeness (QED) is 0.718. The zero-order valence-electron chi connectivity index (χ0n) is 14.7. The van der Waals surface area contributed by atoms with Crippen LogP contribution in [-0.4, -0.2) is 63.1 Å². The van der Waals surface area contributed by atoms with Gasteiger partial charge < -0.3 is 14.4 Å². The smallest absolute Gasteiger partial charge is 0.254 e. The average Bonchev–Trinajstić information content (AvgIpc) is 2.83. The molecular formula is C18H25NO5S. The number of fused-ring (bicyclic) bond motifs is 2. The average molecular weight is 367 g/mol. The fraction of sp³-hybridized carbons (Fsp3) is 0.611. The number of nitrogens with zero attached hydrogens (tertiary/aromatic N) is 1. The molecule has 2 heterocycles. The summed E-state index contributed by atoms with van der Waals surface area (Å²) in [5.41, 5.74) is 0.619. The molecule has 2 saturated heterocycles. The normalized spacial score (nSPS) is 25.8. The molecule has 0 spiro atoms. The summed E-state index contributed by atoms with van der Waals surface area (Å²) in [5.74, 6) is 0.690. The maximum Gasteiger partial charge on any atom is 0.254 e. The number of hydrogen-bond acceptors (Lipinski definition) is 5. The standard InChI is InChI=1S/C18H25NO5S/c1-23-9-10-24-16-7-3-13(4-8-16)18(20)19-14-5-6-15(19)12-17(11-14)25(2,21)22/h3-4,7-8,14-15,17H,5-6,9-12H2,1-2H3. The summed E-state index contributed by atoms with van der Waals surface area (Å²) in [5, 5.41) is -0.314. The van der Waals surface area contributed by atoms with Crippen molar-refractivity contribution in [1.29, 1.82) is 0 Å². The van der Waals surface area contributed by atoms with Gasteiger partial charge in [-0.05, 0) is 49.9 Å². The van der Waals surface area contributed by atoms with Crippen LogP contribution in [0.2, 0.25) is 0 Å². The van der Waals surface area contributed by atoms with E-state index < -0.39 is 9.84 Å². The van der Waals surface area contributed by atoms with Gasteiger partial charge in [0, 0.05) is 31.0 Å². The largest absolute Gasteiger partial charge is 0.491 e. The Kier molecular flexibility index (Phi) is 5.34. The summed E-state index contributed by atoms with van der Waals surface area (Å²) < 4.78 is 34.2. The lowest BCUT2D eigenvalue weighted by atomic mass is 10.0. The van der Waals surface area contributed by atoms with Crippen molar-refractivity contribution in [3.63, 3.8) is 0 Å². The first-order valence-electron chi connectivity index (χ1n) is 8.63. The third kappa shape index (κ3) is 3.98. The van der Waals surface area contributed by atoms with Crippen molar-refractivity contribution in [2.75, 3.05) is 26.6 Å². The maximum atomic E-state index is 12.9. The highest BCUT2D eigenvalue weighted by Crippen LogP contribution is 2.39. The van der Waals surface area contributed by atoms with E-state index in [2.05, 4.69) is 0 Å². The Bertz CT molecular complexity index is 701. The third-order valence-electron chi connectivity index (χ3n) is 5.19. The molecule has 2 fully saturated rings. The van der Waals surface area contributed by atoms with Gasteiger partial charge in [-0.3, -0.25) is 4.79 Å². The van der Waals surface area contributed by atoms with E-state index in [9.17, 15) is 13.2 Å². The lowest BCUT2D eigenvalue weighted by Crippen LogP contribution is -2.49. The van der Waals surface area contributed by atoms with Crippen LogP contribution in [0.25, 0.3) is 0 Å². The maximum absolute atomic E-state index is 12.9. The van der Waals surface area contributed by atoms with Gasteiger partial charge in [-0.2, -0.15) is 0 Å². The van der Waals surface area contributed by atoms with E-state index in [-0.39, 0.29) is 23.2 Å². The van der Waals surface area contributed by atoms with Crippen molar-refractivity contribution in [3.05, 3.63) is 29.8 Å². The number of hydrogen-bond donors (Lipinski definition) is 0. The van der Waals surface area contributed by atoms with Crippen LogP contribution in [0, 0.1) is 0 Å². The van der Waals surface area contributed by atoms with Gasteiger partial charge in [-0.15, -0.1) is 0 Å². The number of rotatable bonds is 6. The van der Waals surface area contributed by atoms with Crippen LogP contribution in [0.5, 0.6) is 5.75 Å². The van der Waals surface area contributed by atoms with Crippen molar-refractivity contribution in [2.45, 2.75) is 43.0 Å². The molecule has 1 amide bonds. The molecule has 7 heteroatoms. The highest BCUT2D eigenvalue weighted by Gasteiger charge is 2.45. The van der Waals surface area contributed by atoms with Crippen molar-refractivity contribution < 1.29 is 22.7 Å². The molecule has 0 saturated carbocycles. The molecule has 2 atom stereocenters. The number of piperidine rings is 1. The van der Waals surface area contributed by atoms with Crippen LogP contribution in [0.4, 0.5) is 0 Å². The van der Waals surface area contributed by atoms with E-state index in [4.69, 9.17) is 9.47 Å². The Labute approximate surface area is 149 Å². The van der Waals surface area contributed by atoms with Crippen molar-refractivity contribution in [1.82, 2.24) is 4.90 Å². The van der Waals surface area contributed by atoms with Gasteiger partial charge in [0.15, 0.2) is 0 Å². The fourth-order valence-corrected chi connectivity index (χ4v) is 5.04. The van der Waals surface area contributed by atoms with Gasteiger partial charge >= 0.3 is 0 Å². The molecule has 138 valence electrons. The molecule has 0 aromatic heterocycles. The van der Waals surface area contributed by atoms with Crippen LogP contribution in [0.15, 0.2) is 24.3 Å². The van der Waals surface area contributed by atoms with E-state index in [0.717, 1.165) is 12.8 Å². The Morgan fingerprint density at radius 2 is 1.72 bits per heavy atom. The number of sulfone groups is 1. The molecule has 2 bridgehead atoms. The zero-order chi connectivity index (χ0) is 18.0. The second-order valence-corrected chi connectivity index (χ2v) is 9.21. The number of carbonyl (C=O) groups excluding carboxylic acids is 1. The van der Waals surface area contributed by atoms with Crippen molar-refractivity contribution in [2.24, 2.45) is 0 Å². The SMILES string of the molecule is COCCOc1ccc(C(=O)N2C3CCC2CC(S(C)(=O)=O)C3)cc1. The van der Waals surface area contributed by atoms with Crippen LogP contribution < -0.4 is 4.74 Å². The first kappa shape index (κ1) is 18.2. The van der Waals surface area contributed by atoms with Crippen molar-refractivity contribution in [3.8, 4) is 5.75 Å². The molecule has 0 aliphatic carbocycles. The van der Waals surface area contributed by atoms with Crippen molar-refractivity contribution >= 4 is 15.7 Å². The van der Waals surface area contributed by atoms with E-state index in [1.165, 1.54) is 6.26 Å². The minimum Gasteiger partial charge on any atom is -0.491 e. The predicted molar refractivity (Wildman–Crippen MR) is 94.7 cm³/mol. The van der Waals surface area contributed by atoms with Crippen LogP contribution in [0.1, 0.15) is 36.0 Å². The van der Waals surface area contributed by atoms with Crippen LogP contribution in [0.3, 0.4) is 0 Å². The lowest BCUT2D eigenvalue weighted by Gasteiger charge is -2.38. The molecular weight excluding hydrogens is 342 g/mol. The number of ether oxygens (including phenoxy) is 2. The monoisotopic (exact) mass is 367 g/mol. The summed E-state index contributed by atoms with van der Waals surface area (Å²) in [4.78, 5) is 14.8. The number of methoxy groups -OCH3 is 1. The molecule has 25 heavy (non-hydrogen) atoms. The Hall–Kier alpha value is -1.60. The van der Waals surface area contributed by atoms with Gasteiger partial charge in [0.2, 0.25) is 0 Å². The number of benzene rings is 1. The van der Waals surface area contributed by atoms with Gasteiger partial charge in [0.25, 0.3) is 5.91 Å². The zero-order valence-corrected chi connectivity index (χ0v) is 15.5. The van der Waals surface area contributed by atoms with Gasteiger partial charge in [0.1, 0.15) is 22.2 Å². The summed E-state index contributed by atoms with van der Waals surface area (Å²) in [6, 6.07) is 7.17. The topological polar surface area (TPSA) is 72.9 Å². The van der Waals surface area contributed by atoms with E-state index in [0.29, 0.717) is 37.4 Å². The van der Waals surface area contributed by atoms with E-state index in [1.807, 2.05) is 4.90 Å². The second-order valence-electron chi connectivity index (χ2n) is 6.89. The van der Waals surface area contributed by atoms with E-state index >= 15 is 0 Å². The number of amides is 1. The molecule has 2 aliphatic heterocycles. The molecule has 3 rings (SSSR count). The highest BCUT2D eigenvalue weighted by molar-refractivity contribution is 7.91. The Balaban J connectivity index is 1.68. The molecule has 2 unspecified atom stereocenters. The first-order valence-corrected chi connectivity index (χ1v) is 10.6. The minimum atomic E-state index is -3.05. The summed E-state index contributed by atoms with van der Waals surface area (Å²) in [6.45, 7) is 0.978. The predicted octanol–water partition coefficient (Wildman–Crippen LogP) is 1.89. The van der Waals surface area contributed by atoms with Gasteiger partial charge in [-0.1, -0.05) is 0 Å². The van der Waals surface area contributed by atoms with Crippen LogP contribution >= 0.6 is 0 Å². The second kappa shape index (κ2) is 7.33. The summed E-state index contributed by atoms with van der Waals surface area (Å²) in [7, 11) is -1.43. The summed E-state index contributed by atoms with van der Waals surface area (Å²) >= 11 is 0. The molecule has 1 aromatic carbocycles. The number of carbonyl (C=O) groups is 1. The summed E-state index contributed by atoms with van der Waals surface area (Å²) in [6.07, 6.45) is 4.19. The fourth-order valence-electron chi connectivity index (χ4n) is 3.89. The lowest BCUT2D eigenvalue weighted by molar-refractivity contribution is 0.0598. The Morgan fingerprint density at radius 3 is 2.24 bits per heavy atom. The van der Waals surface area contributed by atoms with Gasteiger partial charge in [-0.25, -0.2) is 8.42 Å². The van der Waals surface area contributed by atoms with Gasteiger partial charge in [0.05, 0.1) is 11.9 Å². The highest BCUT2D eigenvalue weighted by atomic mass is 32.2. The first-order chi connectivity index (χ1) is 11.9.